The summed E-state index contributed by atoms with van der Waals surface area (Å²) in [6, 6.07) is 5.45. The van der Waals surface area contributed by atoms with E-state index < -0.39 is 11.0 Å². The van der Waals surface area contributed by atoms with E-state index in [0.29, 0.717) is 5.56 Å². The molecule has 6 heteroatoms. The first-order valence-corrected chi connectivity index (χ1v) is 4.97. The van der Waals surface area contributed by atoms with Gasteiger partial charge in [0, 0.05) is 25.7 Å². The molecule has 0 aliphatic rings. The Hall–Kier alpha value is -1.79. The van der Waals surface area contributed by atoms with Crippen molar-refractivity contribution in [2.75, 3.05) is 13.7 Å². The second-order valence-electron chi connectivity index (χ2n) is 3.54. The summed E-state index contributed by atoms with van der Waals surface area (Å²) in [5.41, 5.74) is 0.421. The molecule has 0 aromatic heterocycles. The third-order valence-corrected chi connectivity index (χ3v) is 2.22. The van der Waals surface area contributed by atoms with Crippen LogP contribution in [0, 0.1) is 10.1 Å². The maximum absolute atomic E-state index is 11.2. The molecule has 0 amide bonds. The summed E-state index contributed by atoms with van der Waals surface area (Å²) in [6.45, 7) is -0.0515. The van der Waals surface area contributed by atoms with E-state index in [-0.39, 0.29) is 24.5 Å². The molecule has 0 heterocycles. The zero-order valence-corrected chi connectivity index (χ0v) is 9.33. The van der Waals surface area contributed by atoms with Gasteiger partial charge >= 0.3 is 0 Å². The largest absolute Gasteiger partial charge is 0.388 e. The Morgan fingerprint density at radius 1 is 1.47 bits per heavy atom. The molecule has 92 valence electrons. The third kappa shape index (κ3) is 3.93. The van der Waals surface area contributed by atoms with Gasteiger partial charge in [-0.3, -0.25) is 14.9 Å². The van der Waals surface area contributed by atoms with Crippen LogP contribution in [0.3, 0.4) is 0 Å². The summed E-state index contributed by atoms with van der Waals surface area (Å²) in [6.07, 6.45) is -1.02. The molecule has 0 aliphatic carbocycles. The number of hydrogen-bond donors (Lipinski definition) is 1. The second-order valence-corrected chi connectivity index (χ2v) is 3.54. The van der Waals surface area contributed by atoms with Gasteiger partial charge in [0.2, 0.25) is 0 Å². The average molecular weight is 239 g/mol. The fraction of sp³-hybridized carbons (Fsp3) is 0.364. The van der Waals surface area contributed by atoms with Gasteiger partial charge in [0.25, 0.3) is 5.69 Å². The minimum Gasteiger partial charge on any atom is -0.388 e. The van der Waals surface area contributed by atoms with Gasteiger partial charge in [-0.25, -0.2) is 0 Å². The van der Waals surface area contributed by atoms with E-state index >= 15 is 0 Å². The zero-order valence-electron chi connectivity index (χ0n) is 9.33. The predicted octanol–water partition coefficient (Wildman–Crippen LogP) is 1.23. The summed E-state index contributed by atoms with van der Waals surface area (Å²) in [4.78, 5) is 21.1. The van der Waals surface area contributed by atoms with E-state index in [1.165, 1.54) is 31.4 Å². The lowest BCUT2D eigenvalue weighted by Crippen LogP contribution is -2.11. The van der Waals surface area contributed by atoms with Crippen molar-refractivity contribution in [1.82, 2.24) is 0 Å². The maximum atomic E-state index is 11.2. The van der Waals surface area contributed by atoms with Crippen molar-refractivity contribution >= 4 is 11.5 Å². The SMILES string of the molecule is COCC(=O)C[C@H](O)c1ccc([N+](=O)[O-])cc1. The number of carbonyl (C=O) groups is 1. The van der Waals surface area contributed by atoms with Crippen LogP contribution in [0.2, 0.25) is 0 Å². The highest BCUT2D eigenvalue weighted by Crippen LogP contribution is 2.20. The summed E-state index contributed by atoms with van der Waals surface area (Å²) >= 11 is 0. The zero-order chi connectivity index (χ0) is 12.8. The number of nitro benzene ring substituents is 1. The van der Waals surface area contributed by atoms with Crippen molar-refractivity contribution in [3.05, 3.63) is 39.9 Å². The first-order valence-electron chi connectivity index (χ1n) is 4.97. The number of ketones is 1. The molecule has 0 spiro atoms. The first-order chi connectivity index (χ1) is 8.04. The Morgan fingerprint density at radius 3 is 2.53 bits per heavy atom. The van der Waals surface area contributed by atoms with Crippen LogP contribution >= 0.6 is 0 Å². The topological polar surface area (TPSA) is 89.7 Å². The number of nitro groups is 1. The fourth-order valence-electron chi connectivity index (χ4n) is 1.37. The van der Waals surface area contributed by atoms with Crippen molar-refractivity contribution in [3.8, 4) is 0 Å². The van der Waals surface area contributed by atoms with Gasteiger partial charge in [-0.05, 0) is 17.7 Å². The molecule has 0 saturated carbocycles. The lowest BCUT2D eigenvalue weighted by atomic mass is 10.0. The standard InChI is InChI=1S/C11H13NO5/c1-17-7-10(13)6-11(14)8-2-4-9(5-3-8)12(15)16/h2-5,11,14H,6-7H2,1H3/t11-/m0/s1. The summed E-state index contributed by atoms with van der Waals surface area (Å²) < 4.78 is 4.64. The van der Waals surface area contributed by atoms with Crippen LogP contribution in [0.25, 0.3) is 0 Å². The number of benzene rings is 1. The molecule has 0 radical (unpaired) electrons. The highest BCUT2D eigenvalue weighted by atomic mass is 16.6. The summed E-state index contributed by atoms with van der Waals surface area (Å²) in [7, 11) is 1.40. The van der Waals surface area contributed by atoms with E-state index in [4.69, 9.17) is 0 Å². The number of aliphatic hydroxyl groups is 1. The summed E-state index contributed by atoms with van der Waals surface area (Å²) in [5.74, 6) is -0.224. The second kappa shape index (κ2) is 6.07. The highest BCUT2D eigenvalue weighted by molar-refractivity contribution is 5.80. The Balaban J connectivity index is 2.66. The normalized spacial score (nSPS) is 12.1. The molecule has 0 aliphatic heterocycles. The number of methoxy groups -OCH3 is 1. The number of Topliss-reactive ketones (excluding diaryl/α,β-unsaturated/α-hetero) is 1. The smallest absolute Gasteiger partial charge is 0.269 e. The average Bonchev–Trinajstić information content (AvgIpc) is 2.29. The van der Waals surface area contributed by atoms with Gasteiger partial charge in [-0.1, -0.05) is 0 Å². The molecule has 1 atom stereocenters. The lowest BCUT2D eigenvalue weighted by Gasteiger charge is -2.09. The molecule has 0 saturated heterocycles. The molecule has 6 nitrogen and oxygen atoms in total. The molecule has 0 fully saturated rings. The molecular weight excluding hydrogens is 226 g/mol. The molecule has 1 aromatic rings. The highest BCUT2D eigenvalue weighted by Gasteiger charge is 2.14. The van der Waals surface area contributed by atoms with Crippen LogP contribution in [0.15, 0.2) is 24.3 Å². The van der Waals surface area contributed by atoms with Gasteiger partial charge in [0.15, 0.2) is 5.78 Å². The van der Waals surface area contributed by atoms with E-state index in [1.54, 1.807) is 0 Å². The van der Waals surface area contributed by atoms with E-state index in [9.17, 15) is 20.0 Å². The molecule has 1 rings (SSSR count). The van der Waals surface area contributed by atoms with E-state index in [2.05, 4.69) is 4.74 Å². The first kappa shape index (κ1) is 13.3. The number of carbonyl (C=O) groups excluding carboxylic acids is 1. The fourth-order valence-corrected chi connectivity index (χ4v) is 1.37. The number of ether oxygens (including phenoxy) is 1. The molecule has 0 unspecified atom stereocenters. The number of nitrogens with zero attached hydrogens (tertiary/aromatic N) is 1. The number of non-ortho nitro benzene ring substituents is 1. The minimum absolute atomic E-state index is 0.0515. The van der Waals surface area contributed by atoms with Crippen molar-refractivity contribution in [3.63, 3.8) is 0 Å². The monoisotopic (exact) mass is 239 g/mol. The van der Waals surface area contributed by atoms with Gasteiger partial charge in [-0.2, -0.15) is 0 Å². The Kier molecular flexibility index (Phi) is 4.74. The van der Waals surface area contributed by atoms with Crippen LogP contribution in [0.1, 0.15) is 18.1 Å². The predicted molar refractivity (Wildman–Crippen MR) is 59.6 cm³/mol. The van der Waals surface area contributed by atoms with Gasteiger partial charge in [-0.15, -0.1) is 0 Å². The third-order valence-electron chi connectivity index (χ3n) is 2.22. The van der Waals surface area contributed by atoms with E-state index in [0.717, 1.165) is 0 Å². The van der Waals surface area contributed by atoms with E-state index in [1.807, 2.05) is 0 Å². The molecule has 1 aromatic carbocycles. The van der Waals surface area contributed by atoms with Crippen LogP contribution in [0.4, 0.5) is 5.69 Å². The number of aliphatic hydroxyl groups excluding tert-OH is 1. The molecular formula is C11H13NO5. The van der Waals surface area contributed by atoms with Crippen molar-refractivity contribution in [1.29, 1.82) is 0 Å². The van der Waals surface area contributed by atoms with Crippen LogP contribution in [-0.4, -0.2) is 29.5 Å². The van der Waals surface area contributed by atoms with Gasteiger partial charge < -0.3 is 9.84 Å². The molecule has 17 heavy (non-hydrogen) atoms. The van der Waals surface area contributed by atoms with Crippen LogP contribution < -0.4 is 0 Å². The van der Waals surface area contributed by atoms with Crippen molar-refractivity contribution in [2.24, 2.45) is 0 Å². The lowest BCUT2D eigenvalue weighted by molar-refractivity contribution is -0.384. The Morgan fingerprint density at radius 2 is 2.06 bits per heavy atom. The minimum atomic E-state index is -0.960. The van der Waals surface area contributed by atoms with Gasteiger partial charge in [0.1, 0.15) is 6.61 Å². The van der Waals surface area contributed by atoms with Crippen molar-refractivity contribution < 1.29 is 19.6 Å². The van der Waals surface area contributed by atoms with Crippen LogP contribution in [0.5, 0.6) is 0 Å². The quantitative estimate of drug-likeness (QED) is 0.595. The number of hydrogen-bond acceptors (Lipinski definition) is 5. The molecule has 0 bridgehead atoms. The Bertz CT molecular complexity index is 401. The Labute approximate surface area is 98.0 Å². The van der Waals surface area contributed by atoms with Gasteiger partial charge in [0.05, 0.1) is 11.0 Å². The van der Waals surface area contributed by atoms with Crippen LogP contribution in [-0.2, 0) is 9.53 Å². The number of rotatable bonds is 6. The van der Waals surface area contributed by atoms with Crippen molar-refractivity contribution in [2.45, 2.75) is 12.5 Å². The molecule has 1 N–H and O–H groups in total. The maximum Gasteiger partial charge on any atom is 0.269 e. The summed E-state index contributed by atoms with van der Waals surface area (Å²) in [5, 5.41) is 20.1.